The van der Waals surface area contributed by atoms with Crippen LogP contribution in [0.3, 0.4) is 0 Å². The van der Waals surface area contributed by atoms with Gasteiger partial charge in [-0.15, -0.1) is 11.8 Å². The summed E-state index contributed by atoms with van der Waals surface area (Å²) in [6.45, 7) is 2.95. The topological polar surface area (TPSA) is 84.7 Å². The van der Waals surface area contributed by atoms with Crippen LogP contribution in [-0.2, 0) is 11.3 Å². The minimum atomic E-state index is -1.25. The molecule has 3 aromatic carbocycles. The van der Waals surface area contributed by atoms with E-state index in [0.29, 0.717) is 31.0 Å². The maximum Gasteiger partial charge on any atom is 0.335 e. The first kappa shape index (κ1) is 29.0. The predicted octanol–water partition coefficient (Wildman–Crippen LogP) is 7.35. The SMILES string of the molecule is Cc1c(Cl)cccc1OCCCC(=O)N1CCSc2c(-c3cnn(Cc4c(F)cc(C(=O)O)cc4Cl)c3)cccc21. The molecule has 0 fully saturated rings. The number of carbonyl (C=O) groups excluding carboxylic acids is 1. The summed E-state index contributed by atoms with van der Waals surface area (Å²) in [7, 11) is 0. The number of thioether (sulfide) groups is 1. The number of carboxylic acid groups (broad SMARTS) is 1. The average molecular weight is 615 g/mol. The van der Waals surface area contributed by atoms with Crippen molar-refractivity contribution in [2.24, 2.45) is 0 Å². The Morgan fingerprint density at radius 2 is 1.95 bits per heavy atom. The molecular weight excluding hydrogens is 588 g/mol. The summed E-state index contributed by atoms with van der Waals surface area (Å²) < 4.78 is 22.0. The minimum Gasteiger partial charge on any atom is -0.493 e. The predicted molar refractivity (Wildman–Crippen MR) is 159 cm³/mol. The Bertz CT molecular complexity index is 1600. The molecule has 11 heteroatoms. The molecule has 212 valence electrons. The fourth-order valence-electron chi connectivity index (χ4n) is 4.65. The summed E-state index contributed by atoms with van der Waals surface area (Å²) in [6, 6.07) is 13.5. The number of hydrogen-bond donors (Lipinski definition) is 1. The largest absolute Gasteiger partial charge is 0.493 e. The Morgan fingerprint density at radius 3 is 2.73 bits per heavy atom. The van der Waals surface area contributed by atoms with Crippen LogP contribution in [0, 0.1) is 12.7 Å². The standard InChI is InChI=1S/C30H26Cl2FN3O4S/c1-18-23(31)6-3-8-27(18)40-11-4-9-28(37)36-10-12-41-29-21(5-2-7-26(29)36)20-15-34-35(16-20)17-22-24(32)13-19(30(38)39)14-25(22)33/h2-3,5-8,13-16H,4,9-12,17H2,1H3,(H,38,39). The summed E-state index contributed by atoms with van der Waals surface area (Å²) in [4.78, 5) is 27.2. The first-order valence-electron chi connectivity index (χ1n) is 12.9. The van der Waals surface area contributed by atoms with Crippen molar-refractivity contribution in [1.29, 1.82) is 0 Å². The average Bonchev–Trinajstić information content (AvgIpc) is 3.42. The van der Waals surface area contributed by atoms with E-state index in [9.17, 15) is 14.0 Å². The zero-order chi connectivity index (χ0) is 29.1. The quantitative estimate of drug-likeness (QED) is 0.199. The Kier molecular flexibility index (Phi) is 8.87. The van der Waals surface area contributed by atoms with E-state index in [4.69, 9.17) is 33.0 Å². The number of fused-ring (bicyclic) bond motifs is 1. The molecule has 0 spiro atoms. The maximum absolute atomic E-state index is 14.6. The van der Waals surface area contributed by atoms with Gasteiger partial charge in [0.25, 0.3) is 0 Å². The number of halogens is 3. The van der Waals surface area contributed by atoms with Gasteiger partial charge in [0.15, 0.2) is 0 Å². The molecule has 1 N–H and O–H groups in total. The molecule has 1 aliphatic heterocycles. The number of anilines is 1. The van der Waals surface area contributed by atoms with E-state index in [1.165, 1.54) is 6.07 Å². The van der Waals surface area contributed by atoms with Crippen LogP contribution >= 0.6 is 35.0 Å². The molecule has 1 aromatic heterocycles. The van der Waals surface area contributed by atoms with Crippen LogP contribution in [-0.4, -0.2) is 45.7 Å². The van der Waals surface area contributed by atoms with E-state index in [0.717, 1.165) is 44.8 Å². The number of rotatable bonds is 9. The molecular formula is C30H26Cl2FN3O4S. The van der Waals surface area contributed by atoms with Gasteiger partial charge in [-0.25, -0.2) is 9.18 Å². The highest BCUT2D eigenvalue weighted by molar-refractivity contribution is 7.99. The van der Waals surface area contributed by atoms with Gasteiger partial charge in [-0.3, -0.25) is 9.48 Å². The zero-order valence-corrected chi connectivity index (χ0v) is 24.4. The van der Waals surface area contributed by atoms with Crippen LogP contribution in [0.2, 0.25) is 10.0 Å². The van der Waals surface area contributed by atoms with Crippen molar-refractivity contribution < 1.29 is 23.8 Å². The van der Waals surface area contributed by atoms with Gasteiger partial charge in [0.2, 0.25) is 5.91 Å². The van der Waals surface area contributed by atoms with E-state index in [1.54, 1.807) is 28.8 Å². The Balaban J connectivity index is 1.28. The smallest absolute Gasteiger partial charge is 0.335 e. The Morgan fingerprint density at radius 1 is 1.15 bits per heavy atom. The lowest BCUT2D eigenvalue weighted by Gasteiger charge is -2.30. The van der Waals surface area contributed by atoms with Crippen molar-refractivity contribution in [3.05, 3.63) is 93.5 Å². The third-order valence-electron chi connectivity index (χ3n) is 6.81. The number of carbonyl (C=O) groups is 2. The Hall–Kier alpha value is -3.53. The first-order valence-corrected chi connectivity index (χ1v) is 14.6. The molecule has 0 unspecified atom stereocenters. The van der Waals surface area contributed by atoms with Crippen molar-refractivity contribution in [3.63, 3.8) is 0 Å². The van der Waals surface area contributed by atoms with Gasteiger partial charge in [-0.1, -0.05) is 41.4 Å². The van der Waals surface area contributed by atoms with Crippen molar-refractivity contribution in [3.8, 4) is 16.9 Å². The molecule has 0 bridgehead atoms. The van der Waals surface area contributed by atoms with Gasteiger partial charge in [-0.05, 0) is 43.7 Å². The molecule has 1 amide bonds. The third kappa shape index (κ3) is 6.37. The molecule has 1 aliphatic rings. The van der Waals surface area contributed by atoms with Gasteiger partial charge in [-0.2, -0.15) is 5.10 Å². The van der Waals surface area contributed by atoms with E-state index in [2.05, 4.69) is 5.10 Å². The second-order valence-corrected chi connectivity index (χ2v) is 11.4. The molecule has 0 radical (unpaired) electrons. The third-order valence-corrected chi connectivity index (χ3v) is 8.66. The summed E-state index contributed by atoms with van der Waals surface area (Å²) >= 11 is 14.0. The summed E-state index contributed by atoms with van der Waals surface area (Å²) in [6.07, 6.45) is 4.39. The van der Waals surface area contributed by atoms with Gasteiger partial charge >= 0.3 is 5.97 Å². The van der Waals surface area contributed by atoms with Gasteiger partial charge in [0.05, 0.1) is 30.6 Å². The molecule has 2 heterocycles. The molecule has 41 heavy (non-hydrogen) atoms. The van der Waals surface area contributed by atoms with E-state index in [1.807, 2.05) is 48.2 Å². The monoisotopic (exact) mass is 613 g/mol. The molecule has 4 aromatic rings. The minimum absolute atomic E-state index is 0.0225. The van der Waals surface area contributed by atoms with Gasteiger partial charge in [0.1, 0.15) is 11.6 Å². The fraction of sp³-hybridized carbons (Fsp3) is 0.233. The zero-order valence-electron chi connectivity index (χ0n) is 22.1. The highest BCUT2D eigenvalue weighted by Gasteiger charge is 2.25. The molecule has 0 atom stereocenters. The summed E-state index contributed by atoms with van der Waals surface area (Å²) in [5, 5.41) is 14.2. The van der Waals surface area contributed by atoms with Crippen molar-refractivity contribution in [2.45, 2.75) is 31.2 Å². The summed E-state index contributed by atoms with van der Waals surface area (Å²) in [5.74, 6) is -0.461. The normalized spacial score (nSPS) is 12.7. The fourth-order valence-corrected chi connectivity index (χ4v) is 6.23. The number of carboxylic acids is 1. The lowest BCUT2D eigenvalue weighted by atomic mass is 10.1. The van der Waals surface area contributed by atoms with Crippen LogP contribution in [0.5, 0.6) is 5.75 Å². The van der Waals surface area contributed by atoms with Crippen LogP contribution in [0.25, 0.3) is 11.1 Å². The Labute approximate surface area is 250 Å². The second kappa shape index (κ2) is 12.5. The first-order chi connectivity index (χ1) is 19.7. The van der Waals surface area contributed by atoms with Gasteiger partial charge in [0, 0.05) is 62.1 Å². The van der Waals surface area contributed by atoms with Crippen LogP contribution in [0.4, 0.5) is 10.1 Å². The van der Waals surface area contributed by atoms with E-state index in [-0.39, 0.29) is 28.6 Å². The molecule has 5 rings (SSSR count). The molecule has 0 saturated heterocycles. The van der Waals surface area contributed by atoms with E-state index >= 15 is 0 Å². The number of ether oxygens (including phenoxy) is 1. The van der Waals surface area contributed by atoms with Crippen molar-refractivity contribution >= 4 is 52.5 Å². The van der Waals surface area contributed by atoms with Crippen LogP contribution in [0.15, 0.2) is 65.8 Å². The number of amides is 1. The number of aromatic nitrogens is 2. The summed E-state index contributed by atoms with van der Waals surface area (Å²) in [5.41, 5.74) is 3.40. The number of nitrogens with zero attached hydrogens (tertiary/aromatic N) is 3. The van der Waals surface area contributed by atoms with Crippen molar-refractivity contribution in [2.75, 3.05) is 23.8 Å². The number of hydrogen-bond acceptors (Lipinski definition) is 5. The number of aromatic carboxylic acids is 1. The number of benzene rings is 3. The highest BCUT2D eigenvalue weighted by atomic mass is 35.5. The molecule has 0 aliphatic carbocycles. The molecule has 0 saturated carbocycles. The maximum atomic E-state index is 14.6. The molecule has 7 nitrogen and oxygen atoms in total. The van der Waals surface area contributed by atoms with Crippen LogP contribution < -0.4 is 9.64 Å². The van der Waals surface area contributed by atoms with Gasteiger partial charge < -0.3 is 14.7 Å². The lowest BCUT2D eigenvalue weighted by molar-refractivity contribution is -0.118. The lowest BCUT2D eigenvalue weighted by Crippen LogP contribution is -2.35. The highest BCUT2D eigenvalue weighted by Crippen LogP contribution is 2.42. The van der Waals surface area contributed by atoms with E-state index < -0.39 is 11.8 Å². The van der Waals surface area contributed by atoms with Crippen LogP contribution in [0.1, 0.15) is 34.3 Å². The second-order valence-electron chi connectivity index (χ2n) is 9.51. The van der Waals surface area contributed by atoms with Crippen molar-refractivity contribution in [1.82, 2.24) is 9.78 Å².